The molecule has 1 amide bonds. The van der Waals surface area contributed by atoms with E-state index in [1.807, 2.05) is 38.1 Å². The van der Waals surface area contributed by atoms with Crippen molar-refractivity contribution in [1.29, 1.82) is 0 Å². The number of aromatic hydroxyl groups is 1. The van der Waals surface area contributed by atoms with Crippen molar-refractivity contribution in [3.8, 4) is 16.9 Å². The van der Waals surface area contributed by atoms with E-state index in [1.165, 1.54) is 12.1 Å². The van der Waals surface area contributed by atoms with Gasteiger partial charge in [0.1, 0.15) is 22.9 Å². The molecule has 1 N–H and O–H groups in total. The van der Waals surface area contributed by atoms with E-state index in [1.54, 1.807) is 24.0 Å². The van der Waals surface area contributed by atoms with Gasteiger partial charge in [-0.3, -0.25) is 4.79 Å². The minimum absolute atomic E-state index is 0.0220. The summed E-state index contributed by atoms with van der Waals surface area (Å²) in [5.74, 6) is 0.344. The zero-order chi connectivity index (χ0) is 25.7. The fourth-order valence-electron chi connectivity index (χ4n) is 5.31. The second-order valence-electron chi connectivity index (χ2n) is 9.31. The molecule has 6 nitrogen and oxygen atoms in total. The number of benzene rings is 3. The lowest BCUT2D eigenvalue weighted by atomic mass is 9.96. The van der Waals surface area contributed by atoms with E-state index in [0.717, 1.165) is 10.8 Å². The van der Waals surface area contributed by atoms with Gasteiger partial charge in [0.15, 0.2) is 5.82 Å². The molecule has 0 unspecified atom stereocenters. The van der Waals surface area contributed by atoms with Crippen LogP contribution in [0.2, 0.25) is 5.02 Å². The van der Waals surface area contributed by atoms with Gasteiger partial charge in [0.05, 0.1) is 5.02 Å². The normalized spacial score (nSPS) is 18.1. The number of hydrogen-bond acceptors (Lipinski definition) is 5. The molecule has 1 aromatic heterocycles. The number of rotatable bonds is 3. The molecule has 1 fully saturated rings. The zero-order valence-corrected chi connectivity index (χ0v) is 21.1. The first-order valence-corrected chi connectivity index (χ1v) is 12.2. The minimum Gasteiger partial charge on any atom is -0.508 e. The van der Waals surface area contributed by atoms with Crippen LogP contribution in [0.15, 0.2) is 55.1 Å². The van der Waals surface area contributed by atoms with Crippen LogP contribution in [0.1, 0.15) is 19.7 Å². The largest absolute Gasteiger partial charge is 0.508 e. The maximum Gasteiger partial charge on any atom is 0.246 e. The summed E-state index contributed by atoms with van der Waals surface area (Å²) in [5, 5.41) is 12.6. The number of piperazine rings is 1. The number of halogens is 2. The number of aryl methyl sites for hydroxylation is 1. The van der Waals surface area contributed by atoms with Crippen molar-refractivity contribution in [2.24, 2.45) is 0 Å². The van der Waals surface area contributed by atoms with Gasteiger partial charge < -0.3 is 14.9 Å². The van der Waals surface area contributed by atoms with Gasteiger partial charge in [-0.2, -0.15) is 0 Å². The Balaban J connectivity index is 1.68. The molecular formula is C28H26ClFN4O2. The van der Waals surface area contributed by atoms with Crippen molar-refractivity contribution in [3.63, 3.8) is 0 Å². The van der Waals surface area contributed by atoms with Crippen LogP contribution in [0.4, 0.5) is 10.2 Å². The maximum atomic E-state index is 16.2. The highest BCUT2D eigenvalue weighted by Gasteiger charge is 2.33. The Bertz CT molecular complexity index is 1530. The first kappa shape index (κ1) is 24.0. The van der Waals surface area contributed by atoms with Crippen molar-refractivity contribution in [3.05, 3.63) is 71.8 Å². The van der Waals surface area contributed by atoms with E-state index >= 15 is 4.39 Å². The molecule has 3 aromatic carbocycles. The molecule has 2 atom stereocenters. The Morgan fingerprint density at radius 2 is 1.83 bits per heavy atom. The van der Waals surface area contributed by atoms with Crippen molar-refractivity contribution in [1.82, 2.24) is 14.9 Å². The van der Waals surface area contributed by atoms with Crippen LogP contribution in [0.5, 0.6) is 5.75 Å². The van der Waals surface area contributed by atoms with Crippen LogP contribution in [-0.2, 0) is 4.79 Å². The standard InChI is InChI=1S/C28H26ClFN4O2/c1-5-24(36)34-15(2)13-33(14-16(34)3)28-22-12-23(29)25(26(30)27(22)31-17(4)32-28)21-11-19(35)10-18-8-6-7-9-20(18)21/h5-12,15-16,35H,1,13-14H2,2-4H3/t15-,16+. The number of anilines is 1. The lowest BCUT2D eigenvalue weighted by molar-refractivity contribution is -0.130. The topological polar surface area (TPSA) is 69.6 Å². The smallest absolute Gasteiger partial charge is 0.246 e. The number of nitrogens with zero attached hydrogens (tertiary/aromatic N) is 4. The molecule has 0 bridgehead atoms. The first-order valence-electron chi connectivity index (χ1n) is 11.8. The van der Waals surface area contributed by atoms with Gasteiger partial charge in [0, 0.05) is 36.1 Å². The summed E-state index contributed by atoms with van der Waals surface area (Å²) in [6.45, 7) is 10.3. The number of amides is 1. The van der Waals surface area contributed by atoms with Crippen LogP contribution < -0.4 is 4.90 Å². The number of carbonyl (C=O) groups is 1. The van der Waals surface area contributed by atoms with Gasteiger partial charge in [0.2, 0.25) is 5.91 Å². The monoisotopic (exact) mass is 504 g/mol. The molecule has 1 saturated heterocycles. The summed E-state index contributed by atoms with van der Waals surface area (Å²) < 4.78 is 16.2. The third-order valence-corrected chi connectivity index (χ3v) is 7.04. The van der Waals surface area contributed by atoms with Gasteiger partial charge in [-0.25, -0.2) is 14.4 Å². The second kappa shape index (κ2) is 9.06. The highest BCUT2D eigenvalue weighted by molar-refractivity contribution is 6.35. The molecule has 0 spiro atoms. The SMILES string of the molecule is C=CC(=O)N1[C@H](C)CN(c2nc(C)nc3c(F)c(-c4cc(O)cc5ccccc45)c(Cl)cc23)C[C@@H]1C. The number of phenols is 1. The molecular weight excluding hydrogens is 479 g/mol. The summed E-state index contributed by atoms with van der Waals surface area (Å²) in [7, 11) is 0. The van der Waals surface area contributed by atoms with E-state index in [4.69, 9.17) is 11.6 Å². The summed E-state index contributed by atoms with van der Waals surface area (Å²) in [4.78, 5) is 25.3. The van der Waals surface area contributed by atoms with Crippen LogP contribution in [-0.4, -0.2) is 51.1 Å². The minimum atomic E-state index is -0.568. The quantitative estimate of drug-likeness (QED) is 0.353. The van der Waals surface area contributed by atoms with Gasteiger partial charge in [-0.05, 0) is 61.4 Å². The van der Waals surface area contributed by atoms with Gasteiger partial charge >= 0.3 is 0 Å². The number of phenolic OH excluding ortho intramolecular Hbond substituents is 1. The summed E-state index contributed by atoms with van der Waals surface area (Å²) in [5.41, 5.74) is 0.837. The van der Waals surface area contributed by atoms with Crippen LogP contribution >= 0.6 is 11.6 Å². The average Bonchev–Trinajstić information content (AvgIpc) is 2.83. The van der Waals surface area contributed by atoms with Gasteiger partial charge in [-0.1, -0.05) is 42.4 Å². The molecule has 0 saturated carbocycles. The Morgan fingerprint density at radius 3 is 2.53 bits per heavy atom. The highest BCUT2D eigenvalue weighted by atomic mass is 35.5. The van der Waals surface area contributed by atoms with E-state index in [9.17, 15) is 9.90 Å². The third-order valence-electron chi connectivity index (χ3n) is 6.74. The van der Waals surface area contributed by atoms with E-state index in [0.29, 0.717) is 35.7 Å². The van der Waals surface area contributed by atoms with Crippen LogP contribution in [0.3, 0.4) is 0 Å². The molecule has 1 aliphatic heterocycles. The number of hydrogen-bond donors (Lipinski definition) is 1. The van der Waals surface area contributed by atoms with Crippen molar-refractivity contribution >= 4 is 45.0 Å². The third kappa shape index (κ3) is 3.93. The Morgan fingerprint density at radius 1 is 1.14 bits per heavy atom. The van der Waals surface area contributed by atoms with E-state index in [-0.39, 0.29) is 39.8 Å². The number of carbonyl (C=O) groups excluding carboxylic acids is 1. The Kier molecular flexibility index (Phi) is 6.04. The van der Waals surface area contributed by atoms with Crippen molar-refractivity contribution in [2.75, 3.05) is 18.0 Å². The lowest BCUT2D eigenvalue weighted by Gasteiger charge is -2.44. The zero-order valence-electron chi connectivity index (χ0n) is 20.3. The van der Waals surface area contributed by atoms with Crippen LogP contribution in [0, 0.1) is 12.7 Å². The Labute approximate surface area is 213 Å². The summed E-state index contributed by atoms with van der Waals surface area (Å²) in [6.07, 6.45) is 1.33. The van der Waals surface area contributed by atoms with Gasteiger partial charge in [-0.15, -0.1) is 0 Å². The molecule has 5 rings (SSSR count). The Hall–Kier alpha value is -3.71. The molecule has 2 heterocycles. The second-order valence-corrected chi connectivity index (χ2v) is 9.71. The molecule has 36 heavy (non-hydrogen) atoms. The summed E-state index contributed by atoms with van der Waals surface area (Å²) >= 11 is 6.73. The highest BCUT2D eigenvalue weighted by Crippen LogP contribution is 2.42. The molecule has 0 aliphatic carbocycles. The van der Waals surface area contributed by atoms with E-state index < -0.39 is 5.82 Å². The molecule has 0 radical (unpaired) electrons. The predicted molar refractivity (Wildman–Crippen MR) is 142 cm³/mol. The fraction of sp³-hybridized carbons (Fsp3) is 0.250. The summed E-state index contributed by atoms with van der Waals surface area (Å²) in [6, 6.07) is 12.1. The van der Waals surface area contributed by atoms with Crippen molar-refractivity contribution < 1.29 is 14.3 Å². The average molecular weight is 505 g/mol. The predicted octanol–water partition coefficient (Wildman–Crippen LogP) is 5.87. The number of fused-ring (bicyclic) bond motifs is 2. The molecule has 184 valence electrons. The first-order chi connectivity index (χ1) is 17.2. The fourth-order valence-corrected chi connectivity index (χ4v) is 5.61. The molecule has 8 heteroatoms. The molecule has 1 aliphatic rings. The van der Waals surface area contributed by atoms with Gasteiger partial charge in [0.25, 0.3) is 0 Å². The molecule has 4 aromatic rings. The van der Waals surface area contributed by atoms with Crippen LogP contribution in [0.25, 0.3) is 32.8 Å². The van der Waals surface area contributed by atoms with E-state index in [2.05, 4.69) is 21.4 Å². The number of aromatic nitrogens is 2. The van der Waals surface area contributed by atoms with Crippen molar-refractivity contribution in [2.45, 2.75) is 32.9 Å². The lowest BCUT2D eigenvalue weighted by Crippen LogP contribution is -2.58. The maximum absolute atomic E-state index is 16.2.